The number of ether oxygens (including phenoxy) is 2. The second-order valence-electron chi connectivity index (χ2n) is 7.58. The van der Waals surface area contributed by atoms with Crippen molar-refractivity contribution < 1.29 is 19.1 Å². The molecule has 0 bridgehead atoms. The molecule has 0 spiro atoms. The smallest absolute Gasteiger partial charge is 0.417 e. The van der Waals surface area contributed by atoms with Gasteiger partial charge in [0.1, 0.15) is 0 Å². The molecule has 0 radical (unpaired) electrons. The van der Waals surface area contributed by atoms with Gasteiger partial charge in [0.05, 0.1) is 13.2 Å². The Hall–Kier alpha value is -1.06. The molecule has 0 aliphatic rings. The third-order valence-electron chi connectivity index (χ3n) is 4.88. The third kappa shape index (κ3) is 19.5. The number of rotatable bonds is 19. The maximum atomic E-state index is 11.5. The monoisotopic (exact) mass is 384 g/mol. The summed E-state index contributed by atoms with van der Waals surface area (Å²) in [5.41, 5.74) is 0. The molecule has 27 heavy (non-hydrogen) atoms. The van der Waals surface area contributed by atoms with Crippen LogP contribution in [0.1, 0.15) is 123 Å². The van der Waals surface area contributed by atoms with Crippen molar-refractivity contribution in [1.29, 1.82) is 0 Å². The zero-order valence-electron chi connectivity index (χ0n) is 18.1. The molecule has 4 heteroatoms. The Morgan fingerprint density at radius 1 is 0.444 bits per heavy atom. The average molecular weight is 385 g/mol. The van der Waals surface area contributed by atoms with Crippen LogP contribution in [0.3, 0.4) is 0 Å². The highest BCUT2D eigenvalue weighted by Gasteiger charge is 2.16. The van der Waals surface area contributed by atoms with Crippen molar-refractivity contribution >= 4 is 11.9 Å². The van der Waals surface area contributed by atoms with Gasteiger partial charge in [-0.25, -0.2) is 9.59 Å². The van der Waals surface area contributed by atoms with E-state index in [0.717, 1.165) is 38.5 Å². The van der Waals surface area contributed by atoms with Gasteiger partial charge in [-0.15, -0.1) is 0 Å². The van der Waals surface area contributed by atoms with Crippen molar-refractivity contribution in [2.75, 3.05) is 13.2 Å². The predicted molar refractivity (Wildman–Crippen MR) is 112 cm³/mol. The van der Waals surface area contributed by atoms with Crippen LogP contribution in [0.15, 0.2) is 0 Å². The maximum Gasteiger partial charge on any atom is 0.417 e. The van der Waals surface area contributed by atoms with Crippen molar-refractivity contribution in [1.82, 2.24) is 0 Å². The van der Waals surface area contributed by atoms with E-state index in [1.54, 1.807) is 0 Å². The van der Waals surface area contributed by atoms with Gasteiger partial charge in [0.25, 0.3) is 0 Å². The van der Waals surface area contributed by atoms with Gasteiger partial charge in [-0.05, 0) is 12.8 Å². The zero-order chi connectivity index (χ0) is 20.0. The molecule has 0 amide bonds. The lowest BCUT2D eigenvalue weighted by molar-refractivity contribution is -0.167. The van der Waals surface area contributed by atoms with Gasteiger partial charge in [-0.2, -0.15) is 0 Å². The minimum atomic E-state index is -0.846. The Bertz CT molecular complexity index is 341. The van der Waals surface area contributed by atoms with Crippen LogP contribution in [-0.2, 0) is 19.1 Å². The summed E-state index contributed by atoms with van der Waals surface area (Å²) in [4.78, 5) is 22.9. The van der Waals surface area contributed by atoms with Crippen molar-refractivity contribution in [3.63, 3.8) is 0 Å². The zero-order valence-corrected chi connectivity index (χ0v) is 18.1. The lowest BCUT2D eigenvalue weighted by Crippen LogP contribution is -2.21. The summed E-state index contributed by atoms with van der Waals surface area (Å²) in [6.45, 7) is 5.02. The molecule has 0 fully saturated rings. The SMILES string of the molecule is CCCCCCCCCCCCCCCOC(=O)C(=O)OCCCCCC. The molecule has 0 rings (SSSR count). The first-order valence-corrected chi connectivity index (χ1v) is 11.6. The molecular formula is C23H44O4. The van der Waals surface area contributed by atoms with Gasteiger partial charge in [-0.3, -0.25) is 0 Å². The first kappa shape index (κ1) is 25.9. The van der Waals surface area contributed by atoms with Gasteiger partial charge >= 0.3 is 11.9 Å². The van der Waals surface area contributed by atoms with Crippen LogP contribution < -0.4 is 0 Å². The number of hydrogen-bond acceptors (Lipinski definition) is 4. The molecule has 0 N–H and O–H groups in total. The van der Waals surface area contributed by atoms with Crippen LogP contribution in [0, 0.1) is 0 Å². The molecule has 0 saturated carbocycles. The Morgan fingerprint density at radius 3 is 1.04 bits per heavy atom. The Kier molecular flexibility index (Phi) is 20.4. The van der Waals surface area contributed by atoms with E-state index in [9.17, 15) is 9.59 Å². The summed E-state index contributed by atoms with van der Waals surface area (Å²) in [6.07, 6.45) is 20.7. The number of esters is 2. The van der Waals surface area contributed by atoms with Crippen molar-refractivity contribution in [3.05, 3.63) is 0 Å². The fraction of sp³-hybridized carbons (Fsp3) is 0.913. The molecule has 4 nitrogen and oxygen atoms in total. The topological polar surface area (TPSA) is 52.6 Å². The van der Waals surface area contributed by atoms with Gasteiger partial charge in [0, 0.05) is 0 Å². The largest absolute Gasteiger partial charge is 0.457 e. The first-order chi connectivity index (χ1) is 13.2. The van der Waals surface area contributed by atoms with E-state index in [4.69, 9.17) is 9.47 Å². The fourth-order valence-electron chi connectivity index (χ4n) is 3.10. The van der Waals surface area contributed by atoms with Crippen LogP contribution in [-0.4, -0.2) is 25.2 Å². The highest BCUT2D eigenvalue weighted by atomic mass is 16.6. The molecule has 0 aromatic heterocycles. The number of hydrogen-bond donors (Lipinski definition) is 0. The first-order valence-electron chi connectivity index (χ1n) is 11.6. The standard InChI is InChI=1S/C23H44O4/c1-3-5-7-9-10-11-12-13-14-15-16-17-19-21-27-23(25)22(24)26-20-18-8-6-4-2/h3-21H2,1-2H3. The summed E-state index contributed by atoms with van der Waals surface area (Å²) < 4.78 is 9.87. The third-order valence-corrected chi connectivity index (χ3v) is 4.88. The highest BCUT2D eigenvalue weighted by Crippen LogP contribution is 2.12. The van der Waals surface area contributed by atoms with E-state index in [1.165, 1.54) is 70.6 Å². The molecule has 0 aliphatic carbocycles. The highest BCUT2D eigenvalue weighted by molar-refractivity contribution is 6.29. The van der Waals surface area contributed by atoms with Crippen LogP contribution in [0.25, 0.3) is 0 Å². The Balaban J connectivity index is 3.27. The van der Waals surface area contributed by atoms with E-state index in [1.807, 2.05) is 0 Å². The fourth-order valence-corrected chi connectivity index (χ4v) is 3.10. The quantitative estimate of drug-likeness (QED) is 0.140. The maximum absolute atomic E-state index is 11.5. The van der Waals surface area contributed by atoms with Crippen LogP contribution in [0.2, 0.25) is 0 Å². The molecule has 0 aliphatic heterocycles. The minimum absolute atomic E-state index is 0.312. The van der Waals surface area contributed by atoms with Crippen LogP contribution in [0.4, 0.5) is 0 Å². The minimum Gasteiger partial charge on any atom is -0.457 e. The number of carbonyl (C=O) groups excluding carboxylic acids is 2. The molecule has 160 valence electrons. The number of unbranched alkanes of at least 4 members (excludes halogenated alkanes) is 15. The van der Waals surface area contributed by atoms with Gasteiger partial charge in [-0.1, -0.05) is 110 Å². The normalized spacial score (nSPS) is 10.7. The van der Waals surface area contributed by atoms with Gasteiger partial charge < -0.3 is 9.47 Å². The molecule has 0 heterocycles. The predicted octanol–water partition coefficient (Wildman–Crippen LogP) is 6.74. The number of carbonyl (C=O) groups is 2. The lowest BCUT2D eigenvalue weighted by Gasteiger charge is -2.06. The molecule has 0 aromatic rings. The van der Waals surface area contributed by atoms with Crippen molar-refractivity contribution in [3.8, 4) is 0 Å². The van der Waals surface area contributed by atoms with E-state index in [-0.39, 0.29) is 0 Å². The van der Waals surface area contributed by atoms with E-state index in [0.29, 0.717) is 13.2 Å². The van der Waals surface area contributed by atoms with Crippen molar-refractivity contribution in [2.45, 2.75) is 123 Å². The molecule has 0 unspecified atom stereocenters. The van der Waals surface area contributed by atoms with E-state index < -0.39 is 11.9 Å². The molecule has 0 atom stereocenters. The summed E-state index contributed by atoms with van der Waals surface area (Å²) in [6, 6.07) is 0. The molecule has 0 saturated heterocycles. The lowest BCUT2D eigenvalue weighted by atomic mass is 10.0. The summed E-state index contributed by atoms with van der Waals surface area (Å²) in [7, 11) is 0. The van der Waals surface area contributed by atoms with Crippen molar-refractivity contribution in [2.24, 2.45) is 0 Å². The summed E-state index contributed by atoms with van der Waals surface area (Å²) >= 11 is 0. The Labute approximate surface area is 167 Å². The van der Waals surface area contributed by atoms with E-state index >= 15 is 0 Å². The molecular weight excluding hydrogens is 340 g/mol. The van der Waals surface area contributed by atoms with Gasteiger partial charge in [0.2, 0.25) is 0 Å². The van der Waals surface area contributed by atoms with Crippen LogP contribution in [0.5, 0.6) is 0 Å². The van der Waals surface area contributed by atoms with Crippen LogP contribution >= 0.6 is 0 Å². The summed E-state index contributed by atoms with van der Waals surface area (Å²) in [5.74, 6) is -1.69. The Morgan fingerprint density at radius 2 is 0.704 bits per heavy atom. The average Bonchev–Trinajstić information content (AvgIpc) is 2.67. The second kappa shape index (κ2) is 21.2. The van der Waals surface area contributed by atoms with E-state index in [2.05, 4.69) is 13.8 Å². The second-order valence-corrected chi connectivity index (χ2v) is 7.58. The molecule has 0 aromatic carbocycles. The van der Waals surface area contributed by atoms with Gasteiger partial charge in [0.15, 0.2) is 0 Å². The summed E-state index contributed by atoms with van der Waals surface area (Å²) in [5, 5.41) is 0.